The van der Waals surface area contributed by atoms with Crippen LogP contribution in [0.2, 0.25) is 10.0 Å². The second-order valence-electron chi connectivity index (χ2n) is 8.03. The Balaban J connectivity index is 1.56. The maximum Gasteiger partial charge on any atom is 0.338 e. The Hall–Kier alpha value is -3.45. The number of ether oxygens (including phenoxy) is 1. The molecule has 0 aliphatic carbocycles. The fourth-order valence-corrected chi connectivity index (χ4v) is 4.75. The zero-order chi connectivity index (χ0) is 26.4. The predicted octanol–water partition coefficient (Wildman–Crippen LogP) is 7.79. The summed E-state index contributed by atoms with van der Waals surface area (Å²) in [4.78, 5) is 38.7. The third-order valence-corrected chi connectivity index (χ3v) is 7.02. The zero-order valence-corrected chi connectivity index (χ0v) is 22.3. The SMILES string of the molecule is O=C(O[C@H](C(=O)c1ccccc1)[C@H](Br)c1ccccc1)c1cccc(NC(=O)c2ccc(Cl)cc2Cl)c1. The highest BCUT2D eigenvalue weighted by atomic mass is 79.9. The Kier molecular flexibility index (Phi) is 8.77. The molecule has 5 nitrogen and oxygen atoms in total. The number of hydrogen-bond donors (Lipinski definition) is 1. The molecule has 4 aromatic rings. The molecule has 37 heavy (non-hydrogen) atoms. The standard InChI is InChI=1S/C29H20BrCl2NO4/c30-25(18-8-3-1-4-9-18)27(26(34)19-10-5-2-6-11-19)37-29(36)20-12-7-13-22(16-20)33-28(35)23-15-14-21(31)17-24(23)32/h1-17,25,27H,(H,33,35)/t25-,27+/m1/s1. The third-order valence-electron chi connectivity index (χ3n) is 5.47. The van der Waals surface area contributed by atoms with Gasteiger partial charge >= 0.3 is 5.97 Å². The molecule has 0 aromatic heterocycles. The smallest absolute Gasteiger partial charge is 0.338 e. The van der Waals surface area contributed by atoms with Gasteiger partial charge in [0.25, 0.3) is 5.91 Å². The fourth-order valence-electron chi connectivity index (χ4n) is 3.60. The molecular weight excluding hydrogens is 577 g/mol. The van der Waals surface area contributed by atoms with Crippen LogP contribution in [0.3, 0.4) is 0 Å². The Morgan fingerprint density at radius 1 is 0.757 bits per heavy atom. The zero-order valence-electron chi connectivity index (χ0n) is 19.2. The Morgan fingerprint density at radius 3 is 2.08 bits per heavy atom. The topological polar surface area (TPSA) is 72.5 Å². The summed E-state index contributed by atoms with van der Waals surface area (Å²) in [6.45, 7) is 0. The van der Waals surface area contributed by atoms with Gasteiger partial charge in [-0.3, -0.25) is 9.59 Å². The van der Waals surface area contributed by atoms with Crippen LogP contribution >= 0.6 is 39.1 Å². The van der Waals surface area contributed by atoms with E-state index in [4.69, 9.17) is 27.9 Å². The van der Waals surface area contributed by atoms with Gasteiger partial charge in [-0.1, -0.05) is 106 Å². The number of alkyl halides is 1. The van der Waals surface area contributed by atoms with Crippen molar-refractivity contribution in [2.45, 2.75) is 10.9 Å². The Morgan fingerprint density at radius 2 is 1.41 bits per heavy atom. The van der Waals surface area contributed by atoms with Crippen molar-refractivity contribution in [3.8, 4) is 0 Å². The molecular formula is C29H20BrCl2NO4. The van der Waals surface area contributed by atoms with E-state index in [1.54, 1.807) is 54.6 Å². The van der Waals surface area contributed by atoms with E-state index in [9.17, 15) is 14.4 Å². The molecule has 0 heterocycles. The van der Waals surface area contributed by atoms with Gasteiger partial charge < -0.3 is 10.1 Å². The minimum atomic E-state index is -1.14. The summed E-state index contributed by atoms with van der Waals surface area (Å²) in [6, 6.07) is 28.7. The van der Waals surface area contributed by atoms with Gasteiger partial charge in [0, 0.05) is 16.3 Å². The number of anilines is 1. The summed E-state index contributed by atoms with van der Waals surface area (Å²) in [5.41, 5.74) is 1.96. The molecule has 0 fully saturated rings. The normalized spacial score (nSPS) is 12.3. The van der Waals surface area contributed by atoms with Gasteiger partial charge in [0.2, 0.25) is 5.78 Å². The van der Waals surface area contributed by atoms with Gasteiger partial charge in [-0.15, -0.1) is 0 Å². The van der Waals surface area contributed by atoms with E-state index in [1.165, 1.54) is 18.2 Å². The van der Waals surface area contributed by atoms with Crippen LogP contribution in [0, 0.1) is 0 Å². The number of amides is 1. The summed E-state index contributed by atoms with van der Waals surface area (Å²) in [5, 5.41) is 3.32. The van der Waals surface area contributed by atoms with Gasteiger partial charge in [0.05, 0.1) is 21.0 Å². The van der Waals surface area contributed by atoms with Crippen molar-refractivity contribution in [3.05, 3.63) is 135 Å². The molecule has 0 aliphatic rings. The van der Waals surface area contributed by atoms with Gasteiger partial charge in [-0.05, 0) is 42.0 Å². The van der Waals surface area contributed by atoms with Crippen LogP contribution in [0.5, 0.6) is 0 Å². The van der Waals surface area contributed by atoms with Crippen molar-refractivity contribution < 1.29 is 19.1 Å². The van der Waals surface area contributed by atoms with Crippen molar-refractivity contribution in [2.24, 2.45) is 0 Å². The largest absolute Gasteiger partial charge is 0.449 e. The van der Waals surface area contributed by atoms with E-state index in [-0.39, 0.29) is 21.9 Å². The molecule has 0 saturated carbocycles. The average molecular weight is 597 g/mol. The predicted molar refractivity (Wildman–Crippen MR) is 149 cm³/mol. The quantitative estimate of drug-likeness (QED) is 0.128. The van der Waals surface area contributed by atoms with Crippen LogP contribution < -0.4 is 5.32 Å². The van der Waals surface area contributed by atoms with Crippen molar-refractivity contribution in [2.75, 3.05) is 5.32 Å². The van der Waals surface area contributed by atoms with Crippen molar-refractivity contribution in [1.82, 2.24) is 0 Å². The number of halogens is 3. The molecule has 0 unspecified atom stereocenters. The molecule has 0 bridgehead atoms. The first kappa shape index (κ1) is 26.6. The lowest BCUT2D eigenvalue weighted by molar-refractivity contribution is 0.0282. The van der Waals surface area contributed by atoms with E-state index in [0.717, 1.165) is 5.56 Å². The second-order valence-corrected chi connectivity index (χ2v) is 9.86. The Bertz CT molecular complexity index is 1430. The lowest BCUT2D eigenvalue weighted by atomic mass is 9.99. The summed E-state index contributed by atoms with van der Waals surface area (Å²) in [6.07, 6.45) is -1.14. The highest BCUT2D eigenvalue weighted by Gasteiger charge is 2.32. The number of hydrogen-bond acceptors (Lipinski definition) is 4. The van der Waals surface area contributed by atoms with Crippen LogP contribution in [0.1, 0.15) is 41.5 Å². The first-order valence-electron chi connectivity index (χ1n) is 11.2. The number of carbonyl (C=O) groups is 3. The summed E-state index contributed by atoms with van der Waals surface area (Å²) in [5.74, 6) is -1.52. The van der Waals surface area contributed by atoms with Crippen LogP contribution in [0.4, 0.5) is 5.69 Å². The summed E-state index contributed by atoms with van der Waals surface area (Å²) >= 11 is 15.6. The summed E-state index contributed by atoms with van der Waals surface area (Å²) < 4.78 is 5.76. The number of carbonyl (C=O) groups excluding carboxylic acids is 3. The first-order valence-corrected chi connectivity index (χ1v) is 12.9. The van der Waals surface area contributed by atoms with Gasteiger partial charge in [-0.25, -0.2) is 4.79 Å². The molecule has 1 N–H and O–H groups in total. The molecule has 0 spiro atoms. The number of benzene rings is 4. The number of nitrogens with one attached hydrogen (secondary N) is 1. The molecule has 0 saturated heterocycles. The van der Waals surface area contributed by atoms with E-state index in [1.807, 2.05) is 30.3 Å². The minimum absolute atomic E-state index is 0.165. The van der Waals surface area contributed by atoms with E-state index < -0.39 is 22.8 Å². The van der Waals surface area contributed by atoms with Crippen molar-refractivity contribution in [1.29, 1.82) is 0 Å². The van der Waals surface area contributed by atoms with Crippen LogP contribution in [-0.2, 0) is 4.74 Å². The lowest BCUT2D eigenvalue weighted by Gasteiger charge is -2.22. The monoisotopic (exact) mass is 595 g/mol. The average Bonchev–Trinajstić information content (AvgIpc) is 2.92. The number of ketones is 1. The highest BCUT2D eigenvalue weighted by Crippen LogP contribution is 2.31. The number of Topliss-reactive ketones (excluding diaryl/α,β-unsaturated/α-hetero) is 1. The van der Waals surface area contributed by atoms with Gasteiger partial charge in [-0.2, -0.15) is 0 Å². The third kappa shape index (κ3) is 6.66. The Labute approximate surface area is 232 Å². The number of esters is 1. The minimum Gasteiger partial charge on any atom is -0.449 e. The van der Waals surface area contributed by atoms with Crippen molar-refractivity contribution >= 4 is 62.5 Å². The molecule has 0 radical (unpaired) electrons. The fraction of sp³-hybridized carbons (Fsp3) is 0.0690. The molecule has 0 aliphatic heterocycles. The van der Waals surface area contributed by atoms with E-state index >= 15 is 0 Å². The maximum atomic E-state index is 13.4. The first-order chi connectivity index (χ1) is 17.8. The lowest BCUT2D eigenvalue weighted by Crippen LogP contribution is -2.31. The van der Waals surface area contributed by atoms with Gasteiger partial charge in [0.1, 0.15) is 0 Å². The second kappa shape index (κ2) is 12.2. The van der Waals surface area contributed by atoms with E-state index in [0.29, 0.717) is 16.3 Å². The van der Waals surface area contributed by atoms with Gasteiger partial charge in [0.15, 0.2) is 6.10 Å². The molecule has 1 amide bonds. The number of rotatable bonds is 8. The molecule has 4 aromatic carbocycles. The van der Waals surface area contributed by atoms with Crippen molar-refractivity contribution in [3.63, 3.8) is 0 Å². The van der Waals surface area contributed by atoms with Crippen LogP contribution in [-0.4, -0.2) is 23.8 Å². The highest BCUT2D eigenvalue weighted by molar-refractivity contribution is 9.09. The molecule has 8 heteroatoms. The maximum absolute atomic E-state index is 13.4. The molecule has 2 atom stereocenters. The van der Waals surface area contributed by atoms with E-state index in [2.05, 4.69) is 21.2 Å². The molecule has 186 valence electrons. The van der Waals surface area contributed by atoms with Crippen LogP contribution in [0.25, 0.3) is 0 Å². The van der Waals surface area contributed by atoms with Crippen LogP contribution in [0.15, 0.2) is 103 Å². The molecule has 4 rings (SSSR count). The summed E-state index contributed by atoms with van der Waals surface area (Å²) in [7, 11) is 0.